The van der Waals surface area contributed by atoms with Crippen molar-refractivity contribution in [1.82, 2.24) is 9.97 Å². The molecule has 0 spiro atoms. The number of aliphatic hydroxyl groups is 1. The zero-order valence-electron chi connectivity index (χ0n) is 12.9. The lowest BCUT2D eigenvalue weighted by Gasteiger charge is -2.25. The fourth-order valence-electron chi connectivity index (χ4n) is 1.78. The largest absolute Gasteiger partial charge is 0.395 e. The summed E-state index contributed by atoms with van der Waals surface area (Å²) in [6, 6.07) is 1.90. The predicted molar refractivity (Wildman–Crippen MR) is 80.9 cm³/mol. The summed E-state index contributed by atoms with van der Waals surface area (Å²) < 4.78 is 5.17. The number of ether oxygens (including phenoxy) is 1. The van der Waals surface area contributed by atoms with Crippen molar-refractivity contribution < 1.29 is 9.84 Å². The van der Waals surface area contributed by atoms with Gasteiger partial charge in [-0.1, -0.05) is 26.8 Å². The predicted octanol–water partition coefficient (Wildman–Crippen LogP) is 1.91. The molecule has 0 radical (unpaired) electrons. The van der Waals surface area contributed by atoms with E-state index in [9.17, 15) is 5.11 Å². The molecule has 1 aromatic rings. The topological polar surface area (TPSA) is 58.5 Å². The van der Waals surface area contributed by atoms with Gasteiger partial charge in [0.1, 0.15) is 11.6 Å². The van der Waals surface area contributed by atoms with Crippen LogP contribution >= 0.6 is 0 Å². The molecule has 5 nitrogen and oxygen atoms in total. The Morgan fingerprint density at radius 2 is 2.10 bits per heavy atom. The van der Waals surface area contributed by atoms with E-state index in [4.69, 9.17) is 4.74 Å². The van der Waals surface area contributed by atoms with Gasteiger partial charge in [0.05, 0.1) is 18.9 Å². The number of methoxy groups -OCH3 is 1. The molecule has 1 rings (SSSR count). The van der Waals surface area contributed by atoms with E-state index >= 15 is 0 Å². The number of hydrogen-bond acceptors (Lipinski definition) is 5. The maximum Gasteiger partial charge on any atom is 0.136 e. The molecule has 1 heterocycles. The van der Waals surface area contributed by atoms with Crippen LogP contribution in [0.15, 0.2) is 18.7 Å². The van der Waals surface area contributed by atoms with Gasteiger partial charge in [0.2, 0.25) is 0 Å². The van der Waals surface area contributed by atoms with Gasteiger partial charge in [-0.3, -0.25) is 0 Å². The first-order chi connectivity index (χ1) is 9.42. The molecular formula is C15H25N3O2. The average molecular weight is 279 g/mol. The van der Waals surface area contributed by atoms with Crippen molar-refractivity contribution in [2.24, 2.45) is 0 Å². The van der Waals surface area contributed by atoms with E-state index in [-0.39, 0.29) is 12.0 Å². The molecule has 112 valence electrons. The number of aliphatic hydroxyl groups excluding tert-OH is 1. The second-order valence-corrected chi connectivity index (χ2v) is 5.68. The second-order valence-electron chi connectivity index (χ2n) is 5.68. The molecule has 0 fully saturated rings. The lowest BCUT2D eigenvalue weighted by molar-refractivity contribution is 0.181. The van der Waals surface area contributed by atoms with Crippen molar-refractivity contribution in [3.05, 3.63) is 30.2 Å². The summed E-state index contributed by atoms with van der Waals surface area (Å²) in [6.07, 6.45) is 1.80. The quantitative estimate of drug-likeness (QED) is 0.773. The van der Waals surface area contributed by atoms with Crippen molar-refractivity contribution in [3.63, 3.8) is 0 Å². The third kappa shape index (κ3) is 4.58. The van der Waals surface area contributed by atoms with Crippen molar-refractivity contribution in [1.29, 1.82) is 0 Å². The highest BCUT2D eigenvalue weighted by Crippen LogP contribution is 2.22. The maximum absolute atomic E-state index is 9.18. The standard InChI is InChI=1S/C15H25N3O2/c1-6-7-18(8-9-19)13-10-12(11-20-5)16-14(17-13)15(2,3)4/h6,10,19H,1,7-9,11H2,2-5H3. The van der Waals surface area contributed by atoms with E-state index in [0.717, 1.165) is 17.3 Å². The molecule has 0 aliphatic heterocycles. The summed E-state index contributed by atoms with van der Waals surface area (Å²) in [6.45, 7) is 11.6. The van der Waals surface area contributed by atoms with Gasteiger partial charge < -0.3 is 14.7 Å². The number of nitrogens with zero attached hydrogens (tertiary/aromatic N) is 3. The van der Waals surface area contributed by atoms with E-state index in [2.05, 4.69) is 37.3 Å². The SMILES string of the molecule is C=CCN(CCO)c1cc(COC)nc(C(C)(C)C)n1. The minimum Gasteiger partial charge on any atom is -0.395 e. The molecule has 0 aliphatic carbocycles. The van der Waals surface area contributed by atoms with Crippen LogP contribution in [-0.2, 0) is 16.8 Å². The molecule has 0 aliphatic rings. The Kier molecular flexibility index (Phi) is 6.10. The van der Waals surface area contributed by atoms with E-state index < -0.39 is 0 Å². The lowest BCUT2D eigenvalue weighted by atomic mass is 9.95. The van der Waals surface area contributed by atoms with E-state index in [1.165, 1.54) is 0 Å². The highest BCUT2D eigenvalue weighted by molar-refractivity contribution is 5.41. The summed E-state index contributed by atoms with van der Waals surface area (Å²) >= 11 is 0. The molecule has 0 bridgehead atoms. The molecule has 0 aromatic carbocycles. The maximum atomic E-state index is 9.18. The molecule has 0 atom stereocenters. The number of hydrogen-bond donors (Lipinski definition) is 1. The number of anilines is 1. The Morgan fingerprint density at radius 3 is 2.60 bits per heavy atom. The Bertz CT molecular complexity index is 441. The van der Waals surface area contributed by atoms with Gasteiger partial charge in [-0.05, 0) is 0 Å². The van der Waals surface area contributed by atoms with Crippen LogP contribution in [0.3, 0.4) is 0 Å². The monoisotopic (exact) mass is 279 g/mol. The second kappa shape index (κ2) is 7.36. The molecule has 0 unspecified atom stereocenters. The Labute approximate surface area is 121 Å². The minimum absolute atomic E-state index is 0.0717. The highest BCUT2D eigenvalue weighted by atomic mass is 16.5. The Morgan fingerprint density at radius 1 is 1.40 bits per heavy atom. The van der Waals surface area contributed by atoms with Crippen LogP contribution < -0.4 is 4.90 Å². The molecular weight excluding hydrogens is 254 g/mol. The third-order valence-electron chi connectivity index (χ3n) is 2.77. The fourth-order valence-corrected chi connectivity index (χ4v) is 1.78. The molecule has 1 N–H and O–H groups in total. The molecule has 5 heteroatoms. The zero-order valence-corrected chi connectivity index (χ0v) is 12.9. The molecule has 20 heavy (non-hydrogen) atoms. The molecule has 0 amide bonds. The summed E-state index contributed by atoms with van der Waals surface area (Å²) in [7, 11) is 1.65. The van der Waals surface area contributed by atoms with E-state index in [1.54, 1.807) is 13.2 Å². The van der Waals surface area contributed by atoms with Gasteiger partial charge in [-0.25, -0.2) is 9.97 Å². The van der Waals surface area contributed by atoms with Gasteiger partial charge in [-0.2, -0.15) is 0 Å². The highest BCUT2D eigenvalue weighted by Gasteiger charge is 2.20. The van der Waals surface area contributed by atoms with Crippen LogP contribution in [0.4, 0.5) is 5.82 Å². The van der Waals surface area contributed by atoms with Crippen molar-refractivity contribution in [2.75, 3.05) is 31.7 Å². The van der Waals surface area contributed by atoms with Crippen molar-refractivity contribution in [3.8, 4) is 0 Å². The minimum atomic E-state index is -0.141. The van der Waals surface area contributed by atoms with Gasteiger partial charge in [0.15, 0.2) is 0 Å². The third-order valence-corrected chi connectivity index (χ3v) is 2.77. The lowest BCUT2D eigenvalue weighted by Crippen LogP contribution is -2.29. The van der Waals surface area contributed by atoms with Crippen molar-refractivity contribution >= 4 is 5.82 Å². The Hall–Kier alpha value is -1.46. The van der Waals surface area contributed by atoms with Gasteiger partial charge in [0, 0.05) is 31.7 Å². The molecule has 1 aromatic heterocycles. The van der Waals surface area contributed by atoms with Gasteiger partial charge >= 0.3 is 0 Å². The van der Waals surface area contributed by atoms with Gasteiger partial charge in [-0.15, -0.1) is 6.58 Å². The first kappa shape index (κ1) is 16.6. The van der Waals surface area contributed by atoms with E-state index in [0.29, 0.717) is 19.7 Å². The average Bonchev–Trinajstić information content (AvgIpc) is 2.37. The van der Waals surface area contributed by atoms with Crippen LogP contribution in [0.2, 0.25) is 0 Å². The molecule has 0 saturated carbocycles. The first-order valence-corrected chi connectivity index (χ1v) is 6.76. The smallest absolute Gasteiger partial charge is 0.136 e. The van der Waals surface area contributed by atoms with Crippen LogP contribution in [0.5, 0.6) is 0 Å². The van der Waals surface area contributed by atoms with Crippen LogP contribution in [0.1, 0.15) is 32.3 Å². The molecule has 0 saturated heterocycles. The fraction of sp³-hybridized carbons (Fsp3) is 0.600. The number of aromatic nitrogens is 2. The Balaban J connectivity index is 3.21. The normalized spacial score (nSPS) is 11.4. The van der Waals surface area contributed by atoms with Crippen molar-refractivity contribution in [2.45, 2.75) is 32.8 Å². The number of rotatable bonds is 7. The van der Waals surface area contributed by atoms with Gasteiger partial charge in [0.25, 0.3) is 0 Å². The van der Waals surface area contributed by atoms with E-state index in [1.807, 2.05) is 11.0 Å². The summed E-state index contributed by atoms with van der Waals surface area (Å²) in [5, 5.41) is 9.18. The van der Waals surface area contributed by atoms with Crippen LogP contribution in [0.25, 0.3) is 0 Å². The first-order valence-electron chi connectivity index (χ1n) is 6.76. The summed E-state index contributed by atoms with van der Waals surface area (Å²) in [5.41, 5.74) is 0.701. The van der Waals surface area contributed by atoms with Crippen LogP contribution in [-0.4, -0.2) is 41.9 Å². The van der Waals surface area contributed by atoms with Crippen LogP contribution in [0, 0.1) is 0 Å². The summed E-state index contributed by atoms with van der Waals surface area (Å²) in [4.78, 5) is 11.1. The zero-order chi connectivity index (χ0) is 15.2. The summed E-state index contributed by atoms with van der Waals surface area (Å²) in [5.74, 6) is 1.57.